The summed E-state index contributed by atoms with van der Waals surface area (Å²) >= 11 is 0. The van der Waals surface area contributed by atoms with Crippen LogP contribution in [0.15, 0.2) is 91.0 Å². The first-order chi connectivity index (χ1) is 19.2. The lowest BCUT2D eigenvalue weighted by molar-refractivity contribution is -0.264. The molecule has 0 amide bonds. The maximum atomic E-state index is 11.5. The van der Waals surface area contributed by atoms with Gasteiger partial charge in [-0.15, -0.1) is 0 Å². The van der Waals surface area contributed by atoms with Crippen molar-refractivity contribution in [1.82, 2.24) is 0 Å². The van der Waals surface area contributed by atoms with Gasteiger partial charge in [0.25, 0.3) is 0 Å². The summed E-state index contributed by atoms with van der Waals surface area (Å²) in [5, 5.41) is 11.5. The Kier molecular flexibility index (Phi) is 11.9. The lowest BCUT2D eigenvalue weighted by atomic mass is 9.92. The Balaban J connectivity index is 1.52. The van der Waals surface area contributed by atoms with Crippen LogP contribution in [-0.4, -0.2) is 62.7 Å². The molecule has 0 unspecified atom stereocenters. The van der Waals surface area contributed by atoms with Gasteiger partial charge in [-0.1, -0.05) is 91.0 Å². The quantitative estimate of drug-likeness (QED) is 0.277. The van der Waals surface area contributed by atoms with Crippen molar-refractivity contribution in [3.05, 3.63) is 108 Å². The van der Waals surface area contributed by atoms with Crippen LogP contribution in [0.1, 0.15) is 29.5 Å². The van der Waals surface area contributed by atoms with E-state index in [2.05, 4.69) is 0 Å². The maximum Gasteiger partial charge on any atom is 0.156 e. The largest absolute Gasteiger partial charge is 0.388 e. The summed E-state index contributed by atoms with van der Waals surface area (Å²) in [6.07, 6.45) is -2.32. The van der Waals surface area contributed by atoms with Crippen LogP contribution in [-0.2, 0) is 48.2 Å². The number of hydrogen-bond acceptors (Lipinski definition) is 7. The number of aliphatic hydroxyl groups excluding tert-OH is 1. The average Bonchev–Trinajstić information content (AvgIpc) is 2.99. The van der Waals surface area contributed by atoms with Gasteiger partial charge in [-0.3, -0.25) is 0 Å². The summed E-state index contributed by atoms with van der Waals surface area (Å²) < 4.78 is 36.1. The molecule has 1 heterocycles. The molecule has 0 radical (unpaired) electrons. The second-order valence-corrected chi connectivity index (χ2v) is 9.71. The Morgan fingerprint density at radius 2 is 1.15 bits per heavy atom. The average molecular weight is 537 g/mol. The number of rotatable bonds is 15. The highest BCUT2D eigenvalue weighted by atomic mass is 16.7. The Bertz CT molecular complexity index is 1050. The third-order valence-corrected chi connectivity index (χ3v) is 6.93. The molecule has 0 spiro atoms. The molecule has 1 N–H and O–H groups in total. The Morgan fingerprint density at radius 1 is 0.667 bits per heavy atom. The lowest BCUT2D eigenvalue weighted by Gasteiger charge is -2.45. The van der Waals surface area contributed by atoms with Crippen LogP contribution >= 0.6 is 0 Å². The van der Waals surface area contributed by atoms with E-state index < -0.39 is 30.5 Å². The van der Waals surface area contributed by atoms with Crippen LogP contribution in [0.5, 0.6) is 0 Å². The van der Waals surface area contributed by atoms with Crippen LogP contribution in [0.4, 0.5) is 0 Å². The first kappa shape index (κ1) is 29.4. The van der Waals surface area contributed by atoms with Gasteiger partial charge in [0, 0.05) is 20.6 Å². The summed E-state index contributed by atoms with van der Waals surface area (Å²) in [7, 11) is 3.21. The standard InChI is InChI=1S/C32H40O7/c1-34-29(35-2)19-18-27-30(33)32(38-22-26-16-10-5-11-17-26)31(37-21-25-14-8-4-9-15-25)28(39-27)23-36-20-24-12-6-3-7-13-24/h3-17,27-33H,18-23H2,1-2H3/t27-,28-,30+,31-,32-/m1/s1. The van der Waals surface area contributed by atoms with Crippen LogP contribution in [0, 0.1) is 0 Å². The minimum Gasteiger partial charge on any atom is -0.388 e. The van der Waals surface area contributed by atoms with E-state index >= 15 is 0 Å². The first-order valence-electron chi connectivity index (χ1n) is 13.5. The zero-order valence-electron chi connectivity index (χ0n) is 22.8. The number of methoxy groups -OCH3 is 2. The fraction of sp³-hybridized carbons (Fsp3) is 0.438. The van der Waals surface area contributed by atoms with E-state index in [4.69, 9.17) is 28.4 Å². The molecule has 4 rings (SSSR count). The Labute approximate surface area is 231 Å². The van der Waals surface area contributed by atoms with Gasteiger partial charge < -0.3 is 33.5 Å². The Morgan fingerprint density at radius 3 is 1.67 bits per heavy atom. The minimum atomic E-state index is -0.908. The van der Waals surface area contributed by atoms with Crippen molar-refractivity contribution in [3.8, 4) is 0 Å². The smallest absolute Gasteiger partial charge is 0.156 e. The van der Waals surface area contributed by atoms with Gasteiger partial charge in [0.05, 0.1) is 32.5 Å². The molecule has 0 aromatic heterocycles. The zero-order valence-corrected chi connectivity index (χ0v) is 22.8. The molecule has 3 aromatic carbocycles. The van der Waals surface area contributed by atoms with Crippen LogP contribution in [0.2, 0.25) is 0 Å². The van der Waals surface area contributed by atoms with Crippen LogP contribution < -0.4 is 0 Å². The second kappa shape index (κ2) is 15.8. The zero-order chi connectivity index (χ0) is 27.3. The van der Waals surface area contributed by atoms with Crippen molar-refractivity contribution in [2.75, 3.05) is 20.8 Å². The highest BCUT2D eigenvalue weighted by Crippen LogP contribution is 2.31. The van der Waals surface area contributed by atoms with E-state index in [1.54, 1.807) is 14.2 Å². The second-order valence-electron chi connectivity index (χ2n) is 9.71. The molecule has 39 heavy (non-hydrogen) atoms. The predicted molar refractivity (Wildman–Crippen MR) is 148 cm³/mol. The van der Waals surface area contributed by atoms with Crippen LogP contribution in [0.25, 0.3) is 0 Å². The summed E-state index contributed by atoms with van der Waals surface area (Å²) in [5.74, 6) is 0. The van der Waals surface area contributed by atoms with Crippen molar-refractivity contribution in [1.29, 1.82) is 0 Å². The number of benzene rings is 3. The summed E-state index contributed by atoms with van der Waals surface area (Å²) in [6.45, 7) is 1.45. The number of ether oxygens (including phenoxy) is 6. The van der Waals surface area contributed by atoms with E-state index in [0.29, 0.717) is 39.3 Å². The summed E-state index contributed by atoms with van der Waals surface area (Å²) in [5.41, 5.74) is 3.12. The van der Waals surface area contributed by atoms with Gasteiger partial charge in [0.15, 0.2) is 6.29 Å². The number of aliphatic hydroxyl groups is 1. The third-order valence-electron chi connectivity index (χ3n) is 6.93. The van der Waals surface area contributed by atoms with Gasteiger partial charge in [-0.25, -0.2) is 0 Å². The lowest BCUT2D eigenvalue weighted by Crippen LogP contribution is -2.60. The molecule has 3 aromatic rings. The van der Waals surface area contributed by atoms with Gasteiger partial charge in [-0.2, -0.15) is 0 Å². The molecular weight excluding hydrogens is 496 g/mol. The molecule has 7 nitrogen and oxygen atoms in total. The fourth-order valence-corrected chi connectivity index (χ4v) is 4.80. The highest BCUT2D eigenvalue weighted by Gasteiger charge is 2.46. The molecule has 1 fully saturated rings. The van der Waals surface area contributed by atoms with E-state index in [9.17, 15) is 5.11 Å². The van der Waals surface area contributed by atoms with E-state index in [1.165, 1.54) is 0 Å². The van der Waals surface area contributed by atoms with Crippen molar-refractivity contribution in [3.63, 3.8) is 0 Å². The molecule has 0 bridgehead atoms. The van der Waals surface area contributed by atoms with E-state index in [1.807, 2.05) is 91.0 Å². The fourth-order valence-electron chi connectivity index (χ4n) is 4.80. The Hall–Kier alpha value is -2.62. The molecule has 7 heteroatoms. The molecule has 0 aliphatic carbocycles. The minimum absolute atomic E-state index is 0.292. The SMILES string of the molecule is COC(CC[C@H]1O[C@H](COCc2ccccc2)[C@@H](OCc2ccccc2)[C@H](OCc2ccccc2)[C@H]1O)OC. The van der Waals surface area contributed by atoms with Crippen molar-refractivity contribution in [2.24, 2.45) is 0 Å². The summed E-state index contributed by atoms with van der Waals surface area (Å²) in [6, 6.07) is 29.9. The number of hydrogen-bond donors (Lipinski definition) is 1. The van der Waals surface area contributed by atoms with E-state index in [-0.39, 0.29) is 6.29 Å². The highest BCUT2D eigenvalue weighted by molar-refractivity contribution is 5.15. The van der Waals surface area contributed by atoms with E-state index in [0.717, 1.165) is 16.7 Å². The van der Waals surface area contributed by atoms with Gasteiger partial charge >= 0.3 is 0 Å². The predicted octanol–water partition coefficient (Wildman–Crippen LogP) is 4.90. The maximum absolute atomic E-state index is 11.5. The summed E-state index contributed by atoms with van der Waals surface area (Å²) in [4.78, 5) is 0. The monoisotopic (exact) mass is 536 g/mol. The molecule has 1 aliphatic rings. The molecule has 5 atom stereocenters. The molecule has 0 saturated carbocycles. The molecule has 210 valence electrons. The van der Waals surface area contributed by atoms with Gasteiger partial charge in [-0.05, 0) is 23.1 Å². The first-order valence-corrected chi connectivity index (χ1v) is 13.5. The molecular formula is C32H40O7. The topological polar surface area (TPSA) is 75.6 Å². The molecule has 1 aliphatic heterocycles. The molecule has 1 saturated heterocycles. The normalized spacial score (nSPS) is 23.2. The van der Waals surface area contributed by atoms with Crippen molar-refractivity contribution >= 4 is 0 Å². The van der Waals surface area contributed by atoms with Crippen molar-refractivity contribution < 1.29 is 33.5 Å². The van der Waals surface area contributed by atoms with Gasteiger partial charge in [0.1, 0.15) is 24.4 Å². The van der Waals surface area contributed by atoms with Gasteiger partial charge in [0.2, 0.25) is 0 Å². The van der Waals surface area contributed by atoms with Crippen molar-refractivity contribution in [2.45, 2.75) is 69.5 Å². The third kappa shape index (κ3) is 8.95. The van der Waals surface area contributed by atoms with Crippen LogP contribution in [0.3, 0.4) is 0 Å².